The molecular formula is C23H22ClN3O3S2. The van der Waals surface area contributed by atoms with Crippen LogP contribution in [0.25, 0.3) is 0 Å². The molecule has 9 heteroatoms. The maximum absolute atomic E-state index is 13.0. The van der Waals surface area contributed by atoms with Crippen molar-refractivity contribution in [2.75, 3.05) is 10.2 Å². The summed E-state index contributed by atoms with van der Waals surface area (Å²) in [6, 6.07) is 11.8. The van der Waals surface area contributed by atoms with E-state index in [1.54, 1.807) is 30.3 Å². The predicted octanol–water partition coefficient (Wildman–Crippen LogP) is 6.05. The Balaban J connectivity index is 1.65. The fraction of sp³-hybridized carbons (Fsp3) is 0.174. The number of anilines is 2. The molecule has 4 amide bonds. The molecule has 2 aromatic rings. The van der Waals surface area contributed by atoms with Crippen LogP contribution in [0.4, 0.5) is 16.2 Å². The Morgan fingerprint density at radius 2 is 1.94 bits per heavy atom. The van der Waals surface area contributed by atoms with E-state index in [4.69, 9.17) is 11.6 Å². The molecule has 2 N–H and O–H groups in total. The standard InChI is InChI=1S/C23H22ClN3O3S2/c1-4-15-6-7-16-13-21(28)27(22(29)19(16)12-15)18-10-8-17(9-11-18)25-23(30)26-32-14(3)31-20(24)5-2/h5-12H,3-4,13H2,1-2H3,(H2,25,26,30)/b20-5-. The second-order valence-corrected chi connectivity index (χ2v) is 9.76. The molecule has 32 heavy (non-hydrogen) atoms. The summed E-state index contributed by atoms with van der Waals surface area (Å²) in [5.41, 5.74) is 3.32. The monoisotopic (exact) mass is 487 g/mol. The van der Waals surface area contributed by atoms with E-state index in [2.05, 4.69) is 16.6 Å². The lowest BCUT2D eigenvalue weighted by molar-refractivity contribution is -0.117. The number of hydrogen-bond acceptors (Lipinski definition) is 5. The predicted molar refractivity (Wildman–Crippen MR) is 134 cm³/mol. The first kappa shape index (κ1) is 24.0. The van der Waals surface area contributed by atoms with Gasteiger partial charge in [0.15, 0.2) is 0 Å². The van der Waals surface area contributed by atoms with Gasteiger partial charge in [-0.1, -0.05) is 55.1 Å². The number of hydrogen-bond donors (Lipinski definition) is 2. The summed E-state index contributed by atoms with van der Waals surface area (Å²) in [6.07, 6.45) is 2.71. The highest BCUT2D eigenvalue weighted by atomic mass is 35.5. The molecule has 166 valence electrons. The first-order chi connectivity index (χ1) is 15.3. The van der Waals surface area contributed by atoms with Crippen LogP contribution in [0, 0.1) is 0 Å². The van der Waals surface area contributed by atoms with E-state index in [-0.39, 0.29) is 18.2 Å². The van der Waals surface area contributed by atoms with E-state index in [1.807, 2.05) is 32.0 Å². The summed E-state index contributed by atoms with van der Waals surface area (Å²) in [5.74, 6) is -0.616. The molecule has 0 unspecified atom stereocenters. The zero-order valence-electron chi connectivity index (χ0n) is 17.6. The molecule has 0 aliphatic carbocycles. The molecule has 0 fully saturated rings. The van der Waals surface area contributed by atoms with E-state index >= 15 is 0 Å². The van der Waals surface area contributed by atoms with Crippen LogP contribution in [0.1, 0.15) is 35.3 Å². The van der Waals surface area contributed by atoms with Gasteiger partial charge in [-0.2, -0.15) is 0 Å². The first-order valence-corrected chi connectivity index (χ1v) is 11.8. The number of nitrogens with zero attached hydrogens (tertiary/aromatic N) is 1. The number of imide groups is 1. The minimum absolute atomic E-state index is 0.170. The lowest BCUT2D eigenvalue weighted by Crippen LogP contribution is -2.42. The van der Waals surface area contributed by atoms with Gasteiger partial charge in [0.05, 0.1) is 20.7 Å². The molecule has 0 spiro atoms. The van der Waals surface area contributed by atoms with E-state index in [0.29, 0.717) is 25.5 Å². The van der Waals surface area contributed by atoms with Gasteiger partial charge in [0.1, 0.15) is 0 Å². The summed E-state index contributed by atoms with van der Waals surface area (Å²) in [5, 5.41) is 2.69. The van der Waals surface area contributed by atoms with Crippen LogP contribution in [0.3, 0.4) is 0 Å². The highest BCUT2D eigenvalue weighted by molar-refractivity contribution is 8.24. The minimum atomic E-state index is -0.438. The van der Waals surface area contributed by atoms with Crippen molar-refractivity contribution in [3.63, 3.8) is 0 Å². The number of fused-ring (bicyclic) bond motifs is 1. The van der Waals surface area contributed by atoms with Crippen LogP contribution in [0.2, 0.25) is 0 Å². The molecule has 0 saturated heterocycles. The minimum Gasteiger partial charge on any atom is -0.307 e. The van der Waals surface area contributed by atoms with Gasteiger partial charge in [0, 0.05) is 11.3 Å². The van der Waals surface area contributed by atoms with Crippen molar-refractivity contribution in [3.05, 3.63) is 80.4 Å². The second-order valence-electron chi connectivity index (χ2n) is 6.83. The molecule has 0 radical (unpaired) electrons. The molecule has 0 saturated carbocycles. The van der Waals surface area contributed by atoms with Gasteiger partial charge in [-0.25, -0.2) is 9.69 Å². The molecule has 3 rings (SSSR count). The van der Waals surface area contributed by atoms with Gasteiger partial charge in [0.2, 0.25) is 5.91 Å². The number of thioether (sulfide) groups is 1. The Morgan fingerprint density at radius 1 is 1.22 bits per heavy atom. The van der Waals surface area contributed by atoms with Crippen molar-refractivity contribution < 1.29 is 14.4 Å². The Hall–Kier alpha value is -2.68. The lowest BCUT2D eigenvalue weighted by Gasteiger charge is -2.27. The molecular weight excluding hydrogens is 466 g/mol. The summed E-state index contributed by atoms with van der Waals surface area (Å²) >= 11 is 8.22. The fourth-order valence-electron chi connectivity index (χ4n) is 3.08. The quantitative estimate of drug-likeness (QED) is 0.367. The average molecular weight is 488 g/mol. The number of carbonyl (C=O) groups excluding carboxylic acids is 3. The van der Waals surface area contributed by atoms with Gasteiger partial charge in [-0.15, -0.1) is 0 Å². The highest BCUT2D eigenvalue weighted by Gasteiger charge is 2.32. The van der Waals surface area contributed by atoms with Gasteiger partial charge in [-0.05, 0) is 66.8 Å². The Morgan fingerprint density at radius 3 is 2.59 bits per heavy atom. The zero-order chi connectivity index (χ0) is 23.3. The highest BCUT2D eigenvalue weighted by Crippen LogP contribution is 2.33. The lowest BCUT2D eigenvalue weighted by atomic mass is 9.95. The van der Waals surface area contributed by atoms with Crippen molar-refractivity contribution in [1.29, 1.82) is 0 Å². The van der Waals surface area contributed by atoms with Crippen LogP contribution < -0.4 is 14.9 Å². The van der Waals surface area contributed by atoms with Crippen molar-refractivity contribution in [1.82, 2.24) is 4.72 Å². The van der Waals surface area contributed by atoms with E-state index in [0.717, 1.165) is 29.5 Å². The third kappa shape index (κ3) is 5.76. The third-order valence-corrected chi connectivity index (χ3v) is 6.81. The van der Waals surface area contributed by atoms with Crippen LogP contribution in [-0.4, -0.2) is 17.8 Å². The maximum Gasteiger partial charge on any atom is 0.329 e. The number of urea groups is 1. The number of benzene rings is 2. The normalized spacial score (nSPS) is 13.6. The van der Waals surface area contributed by atoms with E-state index in [9.17, 15) is 14.4 Å². The zero-order valence-corrected chi connectivity index (χ0v) is 20.0. The number of amides is 4. The van der Waals surface area contributed by atoms with Crippen molar-refractivity contribution in [2.45, 2.75) is 26.7 Å². The third-order valence-electron chi connectivity index (χ3n) is 4.69. The largest absolute Gasteiger partial charge is 0.329 e. The number of carbonyl (C=O) groups is 3. The SMILES string of the molecule is C=C(SNC(=O)Nc1ccc(N2C(=O)Cc3ccc(CC)cc3C2=O)cc1)S/C(Cl)=C\C. The molecule has 1 heterocycles. The number of rotatable bonds is 7. The summed E-state index contributed by atoms with van der Waals surface area (Å²) in [6.45, 7) is 7.64. The number of nitrogens with one attached hydrogen (secondary N) is 2. The van der Waals surface area contributed by atoms with Crippen LogP contribution >= 0.6 is 35.3 Å². The molecule has 1 aliphatic rings. The average Bonchev–Trinajstić information content (AvgIpc) is 2.78. The van der Waals surface area contributed by atoms with Crippen LogP contribution in [-0.2, 0) is 17.6 Å². The van der Waals surface area contributed by atoms with Crippen LogP contribution in [0.15, 0.2) is 63.7 Å². The summed E-state index contributed by atoms with van der Waals surface area (Å²) in [4.78, 5) is 38.9. The van der Waals surface area contributed by atoms with Gasteiger partial charge in [-0.3, -0.25) is 14.3 Å². The molecule has 0 bridgehead atoms. The maximum atomic E-state index is 13.0. The fourth-order valence-corrected chi connectivity index (χ4v) is 4.65. The molecule has 1 aliphatic heterocycles. The van der Waals surface area contributed by atoms with E-state index in [1.165, 1.54) is 16.7 Å². The Kier molecular flexibility index (Phi) is 8.06. The molecule has 0 atom stereocenters. The van der Waals surface area contributed by atoms with Gasteiger partial charge >= 0.3 is 6.03 Å². The first-order valence-electron chi connectivity index (χ1n) is 9.84. The molecule has 6 nitrogen and oxygen atoms in total. The van der Waals surface area contributed by atoms with Gasteiger partial charge < -0.3 is 5.32 Å². The summed E-state index contributed by atoms with van der Waals surface area (Å²) < 4.78 is 3.80. The van der Waals surface area contributed by atoms with Crippen LogP contribution in [0.5, 0.6) is 0 Å². The number of allylic oxidation sites excluding steroid dienone is 1. The Labute approximate surface area is 200 Å². The summed E-state index contributed by atoms with van der Waals surface area (Å²) in [7, 11) is 0. The van der Waals surface area contributed by atoms with Gasteiger partial charge in [0.25, 0.3) is 5.91 Å². The van der Waals surface area contributed by atoms with Crippen molar-refractivity contribution >= 4 is 64.5 Å². The Bertz CT molecular complexity index is 1100. The van der Waals surface area contributed by atoms with Crippen molar-refractivity contribution in [2.24, 2.45) is 0 Å². The smallest absolute Gasteiger partial charge is 0.307 e. The number of aryl methyl sites for hydroxylation is 1. The molecule has 2 aromatic carbocycles. The van der Waals surface area contributed by atoms with E-state index < -0.39 is 6.03 Å². The number of halogens is 1. The molecule has 0 aromatic heterocycles. The second kappa shape index (κ2) is 10.8. The topological polar surface area (TPSA) is 78.5 Å². The van der Waals surface area contributed by atoms with Crippen molar-refractivity contribution in [3.8, 4) is 0 Å².